The average molecular weight is 299 g/mol. The summed E-state index contributed by atoms with van der Waals surface area (Å²) >= 11 is 0. The van der Waals surface area contributed by atoms with Gasteiger partial charge in [-0.25, -0.2) is 4.98 Å². The summed E-state index contributed by atoms with van der Waals surface area (Å²) in [5, 5.41) is 9.06. The van der Waals surface area contributed by atoms with Crippen molar-refractivity contribution in [3.63, 3.8) is 0 Å². The molecule has 114 valence electrons. The van der Waals surface area contributed by atoms with Crippen LogP contribution in [-0.4, -0.2) is 33.1 Å². The second-order valence-electron chi connectivity index (χ2n) is 5.36. The van der Waals surface area contributed by atoms with Crippen LogP contribution < -0.4 is 4.90 Å². The summed E-state index contributed by atoms with van der Waals surface area (Å²) in [6.07, 6.45) is 3.36. The second kappa shape index (κ2) is 5.63. The number of aryl methyl sites for hydroxylation is 1. The van der Waals surface area contributed by atoms with Gasteiger partial charge in [-0.2, -0.15) is 0 Å². The van der Waals surface area contributed by atoms with Crippen LogP contribution in [-0.2, 0) is 11.3 Å². The van der Waals surface area contributed by atoms with Crippen LogP contribution in [0.5, 0.6) is 0 Å². The molecule has 3 rings (SSSR count). The molecule has 2 heterocycles. The number of hydrogen-bond donors (Lipinski definition) is 1. The maximum absolute atomic E-state index is 12.7. The van der Waals surface area contributed by atoms with E-state index in [-0.39, 0.29) is 18.2 Å². The third kappa shape index (κ3) is 2.47. The molecular formula is C16H17N3O3. The molecule has 1 aliphatic heterocycles. The topological polar surface area (TPSA) is 75.4 Å². The van der Waals surface area contributed by atoms with Gasteiger partial charge in [-0.15, -0.1) is 0 Å². The van der Waals surface area contributed by atoms with Gasteiger partial charge in [0.2, 0.25) is 0 Å². The molecule has 1 aromatic heterocycles. The van der Waals surface area contributed by atoms with Crippen molar-refractivity contribution in [2.45, 2.75) is 25.8 Å². The number of carbonyl (C=O) groups is 2. The lowest BCUT2D eigenvalue weighted by Gasteiger charge is -2.16. The first-order valence-electron chi connectivity index (χ1n) is 7.24. The van der Waals surface area contributed by atoms with E-state index < -0.39 is 5.97 Å². The molecule has 1 aliphatic rings. The Bertz CT molecular complexity index is 723. The molecule has 0 saturated carbocycles. The molecular weight excluding hydrogens is 282 g/mol. The van der Waals surface area contributed by atoms with Crippen molar-refractivity contribution in [1.29, 1.82) is 0 Å². The fourth-order valence-corrected chi connectivity index (χ4v) is 2.85. The van der Waals surface area contributed by atoms with Gasteiger partial charge in [0.15, 0.2) is 0 Å². The number of benzene rings is 1. The summed E-state index contributed by atoms with van der Waals surface area (Å²) < 4.78 is 1.84. The predicted octanol–water partition coefficient (Wildman–Crippen LogP) is 2.12. The normalized spacial score (nSPS) is 16.6. The van der Waals surface area contributed by atoms with E-state index in [1.54, 1.807) is 17.4 Å². The number of anilines is 1. The number of aliphatic carboxylic acids is 1. The highest BCUT2D eigenvalue weighted by Crippen LogP contribution is 2.38. The number of carboxylic acid groups (broad SMARTS) is 1. The maximum Gasteiger partial charge on any atom is 0.304 e. The van der Waals surface area contributed by atoms with E-state index in [0.29, 0.717) is 12.2 Å². The number of carbonyl (C=O) groups excluding carboxylic acids is 1. The van der Waals surface area contributed by atoms with Crippen LogP contribution in [0.3, 0.4) is 0 Å². The van der Waals surface area contributed by atoms with Crippen LogP contribution in [0.2, 0.25) is 0 Å². The maximum atomic E-state index is 12.7. The second-order valence-corrected chi connectivity index (χ2v) is 5.36. The van der Waals surface area contributed by atoms with Crippen molar-refractivity contribution >= 4 is 17.6 Å². The molecule has 2 aromatic rings. The lowest BCUT2D eigenvalue weighted by Crippen LogP contribution is -2.30. The van der Waals surface area contributed by atoms with E-state index in [1.807, 2.05) is 35.8 Å². The molecule has 1 amide bonds. The minimum atomic E-state index is -0.857. The van der Waals surface area contributed by atoms with Gasteiger partial charge in [0, 0.05) is 30.9 Å². The van der Waals surface area contributed by atoms with Crippen LogP contribution in [0.4, 0.5) is 5.69 Å². The smallest absolute Gasteiger partial charge is 0.304 e. The number of para-hydroxylation sites is 1. The third-order valence-electron chi connectivity index (χ3n) is 3.95. The first kappa shape index (κ1) is 14.3. The molecule has 0 fully saturated rings. The largest absolute Gasteiger partial charge is 0.481 e. The van der Waals surface area contributed by atoms with Gasteiger partial charge in [0.25, 0.3) is 5.91 Å². The lowest BCUT2D eigenvalue weighted by atomic mass is 9.98. The SMILES string of the molecule is CCn1cnc(C(=O)N2CC(CC(=O)O)c3ccccc32)c1. The van der Waals surface area contributed by atoms with Gasteiger partial charge in [0.1, 0.15) is 5.69 Å². The Hall–Kier alpha value is -2.63. The van der Waals surface area contributed by atoms with E-state index >= 15 is 0 Å². The quantitative estimate of drug-likeness (QED) is 0.938. The summed E-state index contributed by atoms with van der Waals surface area (Å²) in [7, 11) is 0. The van der Waals surface area contributed by atoms with E-state index in [9.17, 15) is 9.59 Å². The van der Waals surface area contributed by atoms with E-state index in [0.717, 1.165) is 17.8 Å². The lowest BCUT2D eigenvalue weighted by molar-refractivity contribution is -0.137. The van der Waals surface area contributed by atoms with Crippen molar-refractivity contribution in [2.24, 2.45) is 0 Å². The molecule has 1 N–H and O–H groups in total. The van der Waals surface area contributed by atoms with E-state index in [4.69, 9.17) is 5.11 Å². The van der Waals surface area contributed by atoms with Crippen molar-refractivity contribution in [2.75, 3.05) is 11.4 Å². The highest BCUT2D eigenvalue weighted by molar-refractivity contribution is 6.06. The minimum absolute atomic E-state index is 0.0180. The van der Waals surface area contributed by atoms with Crippen LogP contribution in [0.15, 0.2) is 36.8 Å². The Morgan fingerprint density at radius 1 is 1.36 bits per heavy atom. The van der Waals surface area contributed by atoms with Crippen molar-refractivity contribution in [3.8, 4) is 0 Å². The number of hydrogen-bond acceptors (Lipinski definition) is 3. The molecule has 6 heteroatoms. The van der Waals surface area contributed by atoms with Gasteiger partial charge in [0.05, 0.1) is 12.7 Å². The molecule has 0 aliphatic carbocycles. The van der Waals surface area contributed by atoms with E-state index in [1.165, 1.54) is 0 Å². The Balaban J connectivity index is 1.91. The minimum Gasteiger partial charge on any atom is -0.481 e. The summed E-state index contributed by atoms with van der Waals surface area (Å²) in [5.41, 5.74) is 2.07. The Morgan fingerprint density at radius 2 is 2.14 bits per heavy atom. The fraction of sp³-hybridized carbons (Fsp3) is 0.312. The molecule has 0 radical (unpaired) electrons. The Morgan fingerprint density at radius 3 is 2.82 bits per heavy atom. The van der Waals surface area contributed by atoms with Crippen molar-refractivity contribution < 1.29 is 14.7 Å². The fourth-order valence-electron chi connectivity index (χ4n) is 2.85. The predicted molar refractivity (Wildman–Crippen MR) is 81.0 cm³/mol. The molecule has 22 heavy (non-hydrogen) atoms. The third-order valence-corrected chi connectivity index (χ3v) is 3.95. The molecule has 0 spiro atoms. The molecule has 0 saturated heterocycles. The monoisotopic (exact) mass is 299 g/mol. The van der Waals surface area contributed by atoms with Gasteiger partial charge >= 0.3 is 5.97 Å². The molecule has 1 aromatic carbocycles. The number of fused-ring (bicyclic) bond motifs is 1. The first-order valence-corrected chi connectivity index (χ1v) is 7.24. The zero-order chi connectivity index (χ0) is 15.7. The number of aromatic nitrogens is 2. The molecule has 6 nitrogen and oxygen atoms in total. The number of amides is 1. The molecule has 1 unspecified atom stereocenters. The van der Waals surface area contributed by atoms with E-state index in [2.05, 4.69) is 4.98 Å². The zero-order valence-electron chi connectivity index (χ0n) is 12.3. The molecule has 0 bridgehead atoms. The standard InChI is InChI=1S/C16H17N3O3/c1-2-18-9-13(17-10-18)16(22)19-8-11(7-15(20)21)12-5-3-4-6-14(12)19/h3-6,9-11H,2,7-8H2,1H3,(H,20,21). The summed E-state index contributed by atoms with van der Waals surface area (Å²) in [4.78, 5) is 29.5. The number of rotatable bonds is 4. The van der Waals surface area contributed by atoms with Crippen LogP contribution in [0, 0.1) is 0 Å². The first-order chi connectivity index (χ1) is 10.6. The van der Waals surface area contributed by atoms with Crippen LogP contribution >= 0.6 is 0 Å². The highest BCUT2D eigenvalue weighted by Gasteiger charge is 2.34. The number of carboxylic acids is 1. The van der Waals surface area contributed by atoms with Crippen LogP contribution in [0.1, 0.15) is 35.3 Å². The molecule has 1 atom stereocenters. The van der Waals surface area contributed by atoms with Gasteiger partial charge < -0.3 is 14.6 Å². The summed E-state index contributed by atoms with van der Waals surface area (Å²) in [6, 6.07) is 7.47. The highest BCUT2D eigenvalue weighted by atomic mass is 16.4. The Labute approximate surface area is 128 Å². The average Bonchev–Trinajstić information content (AvgIpc) is 3.11. The number of nitrogens with zero attached hydrogens (tertiary/aromatic N) is 3. The summed E-state index contributed by atoms with van der Waals surface area (Å²) in [5.74, 6) is -1.22. The van der Waals surface area contributed by atoms with Crippen molar-refractivity contribution in [3.05, 3.63) is 48.0 Å². The Kier molecular flexibility index (Phi) is 3.66. The zero-order valence-corrected chi connectivity index (χ0v) is 12.3. The van der Waals surface area contributed by atoms with Crippen molar-refractivity contribution in [1.82, 2.24) is 9.55 Å². The van der Waals surface area contributed by atoms with Gasteiger partial charge in [-0.1, -0.05) is 18.2 Å². The number of imidazole rings is 1. The van der Waals surface area contributed by atoms with Crippen LogP contribution in [0.25, 0.3) is 0 Å². The summed E-state index contributed by atoms with van der Waals surface area (Å²) in [6.45, 7) is 3.10. The van der Waals surface area contributed by atoms with Gasteiger partial charge in [-0.3, -0.25) is 9.59 Å². The van der Waals surface area contributed by atoms with Gasteiger partial charge in [-0.05, 0) is 18.6 Å².